The number of carbonyl (C=O) groups is 7. The number of halogens is 1. The molecule has 1 aliphatic heterocycles. The van der Waals surface area contributed by atoms with Crippen LogP contribution in [0.25, 0.3) is 10.9 Å². The van der Waals surface area contributed by atoms with E-state index in [0.717, 1.165) is 0 Å². The van der Waals surface area contributed by atoms with Crippen molar-refractivity contribution in [1.29, 1.82) is 0 Å². The number of benzene rings is 3. The molecule has 0 bridgehead atoms. The van der Waals surface area contributed by atoms with Gasteiger partial charge < -0.3 is 57.1 Å². The highest BCUT2D eigenvalue weighted by molar-refractivity contribution is 9.10. The van der Waals surface area contributed by atoms with Crippen molar-refractivity contribution >= 4 is 68.4 Å². The molecular weight excluding hydrogens is 940 g/mol. The van der Waals surface area contributed by atoms with E-state index in [-0.39, 0.29) is 62.5 Å². The maximum atomic E-state index is 14.8. The molecule has 0 aliphatic carbocycles. The number of hydrogen-bond acceptors (Lipinski definition) is 9. The molecule has 7 amide bonds. The smallest absolute Gasteiger partial charge is 0.326 e. The first-order valence-corrected chi connectivity index (χ1v) is 23.7. The highest BCUT2D eigenvalue weighted by atomic mass is 79.9. The van der Waals surface area contributed by atoms with E-state index in [1.54, 1.807) is 55.5 Å². The Hall–Kier alpha value is -6.63. The fourth-order valence-corrected chi connectivity index (χ4v) is 8.73. The number of nitrogens with one attached hydrogen (secondary N) is 7. The molecule has 19 heteroatoms. The first-order valence-electron chi connectivity index (χ1n) is 22.9. The summed E-state index contributed by atoms with van der Waals surface area (Å²) in [5, 5.41) is 47.4. The van der Waals surface area contributed by atoms with Gasteiger partial charge in [0, 0.05) is 43.8 Å². The number of H-pyrrole nitrogens is 1. The molecule has 0 spiro atoms. The largest absolute Gasteiger partial charge is 0.508 e. The van der Waals surface area contributed by atoms with Gasteiger partial charge in [-0.25, -0.2) is 9.59 Å². The van der Waals surface area contributed by atoms with Crippen LogP contribution in [0.4, 0.5) is 4.79 Å². The Morgan fingerprint density at radius 3 is 2.15 bits per heavy atom. The Morgan fingerprint density at radius 2 is 1.49 bits per heavy atom. The zero-order valence-electron chi connectivity index (χ0n) is 38.9. The van der Waals surface area contributed by atoms with Gasteiger partial charge in [0.25, 0.3) is 0 Å². The van der Waals surface area contributed by atoms with Crippen molar-refractivity contribution in [3.63, 3.8) is 0 Å². The van der Waals surface area contributed by atoms with Crippen LogP contribution >= 0.6 is 15.9 Å². The summed E-state index contributed by atoms with van der Waals surface area (Å²) < 4.78 is 0.499. The number of likely N-dealkylation sites (N-methyl/N-ethyl adjacent to an activating group) is 1. The van der Waals surface area contributed by atoms with E-state index < -0.39 is 83.7 Å². The fraction of sp³-hybridized carbons (Fsp3) is 0.449. The Bertz CT molecular complexity index is 2410. The number of carbonyl (C=O) groups excluding carboxylic acids is 6. The van der Waals surface area contributed by atoms with Crippen LogP contribution in [0.15, 0.2) is 77.4 Å². The first-order chi connectivity index (χ1) is 32.3. The average Bonchev–Trinajstić information content (AvgIpc) is 3.61. The number of amides is 7. The summed E-state index contributed by atoms with van der Waals surface area (Å²) in [4.78, 5) is 102. The van der Waals surface area contributed by atoms with Crippen molar-refractivity contribution in [3.8, 4) is 11.5 Å². The zero-order chi connectivity index (χ0) is 49.7. The number of aliphatic carboxylic acids is 1. The normalized spacial score (nSPS) is 21.3. The molecule has 1 aromatic heterocycles. The molecule has 18 nitrogen and oxygen atoms in total. The summed E-state index contributed by atoms with van der Waals surface area (Å²) in [7, 11) is 1.44. The van der Waals surface area contributed by atoms with Crippen LogP contribution in [0.2, 0.25) is 0 Å². The number of urea groups is 1. The van der Waals surface area contributed by atoms with Gasteiger partial charge >= 0.3 is 12.0 Å². The number of rotatable bonds is 13. The number of aromatic nitrogens is 1. The third-order valence-corrected chi connectivity index (χ3v) is 12.9. The van der Waals surface area contributed by atoms with Crippen LogP contribution in [0, 0.1) is 11.8 Å². The third-order valence-electron chi connectivity index (χ3n) is 12.2. The van der Waals surface area contributed by atoms with Gasteiger partial charge in [-0.2, -0.15) is 0 Å². The minimum absolute atomic E-state index is 0.00118. The number of aromatic hydroxyl groups is 2. The second-order valence-electron chi connectivity index (χ2n) is 17.8. The van der Waals surface area contributed by atoms with E-state index >= 15 is 0 Å². The number of phenolic OH excluding ortho intramolecular Hbond substituents is 2. The van der Waals surface area contributed by atoms with E-state index in [0.29, 0.717) is 45.0 Å². The van der Waals surface area contributed by atoms with Crippen molar-refractivity contribution in [1.82, 2.24) is 41.8 Å². The molecule has 10 N–H and O–H groups in total. The highest BCUT2D eigenvalue weighted by Crippen LogP contribution is 2.31. The van der Waals surface area contributed by atoms with E-state index in [1.807, 2.05) is 20.8 Å². The maximum Gasteiger partial charge on any atom is 0.326 e. The van der Waals surface area contributed by atoms with Crippen molar-refractivity contribution in [2.45, 2.75) is 115 Å². The van der Waals surface area contributed by atoms with E-state index in [1.165, 1.54) is 36.2 Å². The molecule has 1 saturated heterocycles. The van der Waals surface area contributed by atoms with Crippen LogP contribution in [0.3, 0.4) is 0 Å². The molecular formula is C49H63BrN8O10. The summed E-state index contributed by atoms with van der Waals surface area (Å²) in [5.41, 5.74) is 2.48. The number of carboxylic acids is 1. The average molecular weight is 1000 g/mol. The summed E-state index contributed by atoms with van der Waals surface area (Å²) in [5.74, 6) is -5.17. The quantitative estimate of drug-likeness (QED) is 0.0914. The predicted octanol–water partition coefficient (Wildman–Crippen LogP) is 4.16. The molecule has 2 heterocycles. The van der Waals surface area contributed by atoms with Crippen LogP contribution in [0.5, 0.6) is 11.5 Å². The maximum absolute atomic E-state index is 14.8. The SMILES string of the molecule is CCC(C)C1NC(=O)C(NC(=O)NC(Cc2ccccc2)C(=O)O)CCCCNC(=O)C(Cc2ccc(O)cc2)NC(=O)C(Cc2c(Br)[nH]c3ccc(O)cc23)N(C)C(=O)C(CC(C)C)NC1=O. The van der Waals surface area contributed by atoms with Gasteiger partial charge in [0.05, 0.1) is 4.60 Å². The standard InChI is InChI=1S/C49H63BrN8O10/c1-6-28(4)41-46(64)54-38(22-27(2)3)47(65)58(5)40(26-34-33-25-32(60)19-20-35(33)52-42(34)50)45(63)53-37(23-30-15-17-31(59)18-16-30)43(61)51-21-11-10-14-36(44(62)57-41)55-49(68)56-39(48(66)67)24-29-12-8-7-9-13-29/h7-9,12-13,15-20,25,27-28,36-41,52,59-60H,6,10-11,14,21-24,26H2,1-5H3,(H,51,61)(H,53,63)(H,54,64)(H,57,62)(H,66,67)(H2,55,56,68). The minimum Gasteiger partial charge on any atom is -0.508 e. The predicted molar refractivity (Wildman–Crippen MR) is 258 cm³/mol. The lowest BCUT2D eigenvalue weighted by Gasteiger charge is -2.34. The molecule has 1 fully saturated rings. The van der Waals surface area contributed by atoms with Gasteiger partial charge in [0.1, 0.15) is 47.8 Å². The van der Waals surface area contributed by atoms with Crippen molar-refractivity contribution < 1.29 is 48.9 Å². The molecule has 68 heavy (non-hydrogen) atoms. The third kappa shape index (κ3) is 14.4. The number of phenols is 2. The second-order valence-corrected chi connectivity index (χ2v) is 18.6. The Labute approximate surface area is 403 Å². The Kier molecular flexibility index (Phi) is 18.8. The fourth-order valence-electron chi connectivity index (χ4n) is 8.14. The van der Waals surface area contributed by atoms with Gasteiger partial charge in [-0.05, 0) is 100 Å². The van der Waals surface area contributed by atoms with Crippen LogP contribution in [0.1, 0.15) is 76.5 Å². The minimum atomic E-state index is -1.34. The molecule has 7 atom stereocenters. The molecule has 7 unspecified atom stereocenters. The van der Waals surface area contributed by atoms with Crippen molar-refractivity contribution in [2.24, 2.45) is 11.8 Å². The molecule has 5 rings (SSSR count). The van der Waals surface area contributed by atoms with Crippen LogP contribution < -0.4 is 31.9 Å². The Balaban J connectivity index is 1.52. The molecule has 4 aromatic rings. The summed E-state index contributed by atoms with van der Waals surface area (Å²) >= 11 is 3.56. The van der Waals surface area contributed by atoms with Crippen LogP contribution in [-0.2, 0) is 48.0 Å². The first kappa shape index (κ1) is 52.3. The number of hydrogen-bond donors (Lipinski definition) is 10. The summed E-state index contributed by atoms with van der Waals surface area (Å²) in [6.07, 6.45) is 1.05. The van der Waals surface area contributed by atoms with E-state index in [4.69, 9.17) is 0 Å². The molecule has 0 radical (unpaired) electrons. The molecule has 366 valence electrons. The lowest BCUT2D eigenvalue weighted by molar-refractivity contribution is -0.143. The Morgan fingerprint density at radius 1 is 0.809 bits per heavy atom. The van der Waals surface area contributed by atoms with Gasteiger partial charge in [-0.1, -0.05) is 76.6 Å². The lowest BCUT2D eigenvalue weighted by Crippen LogP contribution is -2.61. The van der Waals surface area contributed by atoms with Gasteiger partial charge in [0.2, 0.25) is 29.5 Å². The summed E-state index contributed by atoms with van der Waals surface area (Å²) in [6.45, 7) is 7.41. The molecule has 3 aromatic carbocycles. The van der Waals surface area contributed by atoms with Gasteiger partial charge in [-0.3, -0.25) is 24.0 Å². The molecule has 0 saturated carbocycles. The van der Waals surface area contributed by atoms with E-state index in [2.05, 4.69) is 52.8 Å². The topological polar surface area (TPSA) is 271 Å². The van der Waals surface area contributed by atoms with Gasteiger partial charge in [0.15, 0.2) is 0 Å². The van der Waals surface area contributed by atoms with E-state index in [9.17, 15) is 48.9 Å². The molecule has 1 aliphatic rings. The number of carboxylic acid groups (broad SMARTS) is 1. The number of aromatic amines is 1. The number of fused-ring (bicyclic) bond motifs is 1. The van der Waals surface area contributed by atoms with Gasteiger partial charge in [-0.15, -0.1) is 0 Å². The monoisotopic (exact) mass is 1000 g/mol. The second kappa shape index (κ2) is 24.4. The number of nitrogens with zero attached hydrogens (tertiary/aromatic N) is 1. The highest BCUT2D eigenvalue weighted by Gasteiger charge is 2.38. The zero-order valence-corrected chi connectivity index (χ0v) is 40.5. The van der Waals surface area contributed by atoms with Crippen molar-refractivity contribution in [3.05, 3.63) is 94.1 Å². The van der Waals surface area contributed by atoms with Crippen molar-refractivity contribution in [2.75, 3.05) is 13.6 Å². The summed E-state index contributed by atoms with van der Waals surface area (Å²) in [6, 6.07) is 11.2. The van der Waals surface area contributed by atoms with Crippen LogP contribution in [-0.4, -0.2) is 117 Å². The lowest BCUT2D eigenvalue weighted by atomic mass is 9.95.